The van der Waals surface area contributed by atoms with Crippen LogP contribution in [0.15, 0.2) is 24.3 Å². The van der Waals surface area contributed by atoms with E-state index in [1.165, 1.54) is 0 Å². The second kappa shape index (κ2) is 7.46. The summed E-state index contributed by atoms with van der Waals surface area (Å²) in [5, 5.41) is 10.9. The molecule has 0 aromatic heterocycles. The summed E-state index contributed by atoms with van der Waals surface area (Å²) in [5.41, 5.74) is 3.63. The number of carboxylic acids is 1. The van der Waals surface area contributed by atoms with Gasteiger partial charge in [-0.2, -0.15) is 0 Å². The molecule has 114 valence electrons. The van der Waals surface area contributed by atoms with Crippen LogP contribution in [0.25, 0.3) is 0 Å². The summed E-state index contributed by atoms with van der Waals surface area (Å²) in [6, 6.07) is 6.71. The minimum absolute atomic E-state index is 0.587. The molecule has 1 aliphatic heterocycles. The van der Waals surface area contributed by atoms with Crippen LogP contribution >= 0.6 is 0 Å². The Morgan fingerprint density at radius 1 is 1.24 bits per heavy atom. The fraction of sp³-hybridized carbons (Fsp3) is 0.385. The van der Waals surface area contributed by atoms with Gasteiger partial charge in [-0.3, -0.25) is 4.84 Å². The van der Waals surface area contributed by atoms with Crippen molar-refractivity contribution in [3.8, 4) is 0 Å². The van der Waals surface area contributed by atoms with E-state index in [0.717, 1.165) is 18.8 Å². The zero-order chi connectivity index (χ0) is 15.1. The lowest BCUT2D eigenvalue weighted by Crippen LogP contribution is -2.36. The van der Waals surface area contributed by atoms with Gasteiger partial charge in [-0.05, 0) is 24.3 Å². The third-order valence-electron chi connectivity index (χ3n) is 2.86. The van der Waals surface area contributed by atoms with Crippen LogP contribution in [0, 0.1) is 0 Å². The number of hydroxylamine groups is 1. The lowest BCUT2D eigenvalue weighted by molar-refractivity contribution is -0.143. The molecule has 1 aliphatic rings. The maximum absolute atomic E-state index is 11.4. The van der Waals surface area contributed by atoms with Crippen LogP contribution in [0.5, 0.6) is 0 Å². The molecule has 1 aromatic rings. The molecular formula is C13H17N3O5. The normalized spacial score (nSPS) is 14.6. The van der Waals surface area contributed by atoms with Gasteiger partial charge in [0.25, 0.3) is 0 Å². The summed E-state index contributed by atoms with van der Waals surface area (Å²) in [6.07, 6.45) is 0. The van der Waals surface area contributed by atoms with E-state index in [2.05, 4.69) is 15.1 Å². The average Bonchev–Trinajstić information content (AvgIpc) is 2.48. The molecule has 1 fully saturated rings. The number of rotatable bonds is 5. The van der Waals surface area contributed by atoms with Crippen LogP contribution in [-0.4, -0.2) is 50.0 Å². The molecule has 0 atom stereocenters. The second-order valence-corrected chi connectivity index (χ2v) is 4.38. The Morgan fingerprint density at radius 3 is 2.52 bits per heavy atom. The molecular weight excluding hydrogens is 278 g/mol. The number of hydrogen-bond acceptors (Lipinski definition) is 5. The Kier molecular flexibility index (Phi) is 5.35. The maximum atomic E-state index is 11.4. The van der Waals surface area contributed by atoms with Crippen molar-refractivity contribution in [1.29, 1.82) is 0 Å². The smallest absolute Gasteiger partial charge is 0.343 e. The van der Waals surface area contributed by atoms with Gasteiger partial charge in [-0.25, -0.2) is 15.1 Å². The number of urea groups is 1. The van der Waals surface area contributed by atoms with Crippen LogP contribution in [0.1, 0.15) is 0 Å². The van der Waals surface area contributed by atoms with E-state index >= 15 is 0 Å². The first-order valence-corrected chi connectivity index (χ1v) is 6.48. The third-order valence-corrected chi connectivity index (χ3v) is 2.86. The van der Waals surface area contributed by atoms with E-state index in [4.69, 9.17) is 9.84 Å². The molecule has 8 heteroatoms. The standard InChI is InChI=1S/C13H17N3O5/c17-12(18)9-21-15-13(19)14-10-1-3-11(4-2-10)16-5-7-20-8-6-16/h1-4H,5-9H2,(H,17,18)(H2,14,15,19). The number of ether oxygens (including phenoxy) is 1. The SMILES string of the molecule is O=C(O)CONC(=O)Nc1ccc(N2CCOCC2)cc1. The molecule has 0 bridgehead atoms. The Balaban J connectivity index is 1.81. The summed E-state index contributed by atoms with van der Waals surface area (Å²) >= 11 is 0. The first kappa shape index (κ1) is 15.1. The number of nitrogens with zero attached hydrogens (tertiary/aromatic N) is 1. The number of hydrogen-bond donors (Lipinski definition) is 3. The Bertz CT molecular complexity index is 485. The van der Waals surface area contributed by atoms with Crippen molar-refractivity contribution in [2.24, 2.45) is 0 Å². The van der Waals surface area contributed by atoms with Gasteiger partial charge in [-0.1, -0.05) is 0 Å². The molecule has 1 heterocycles. The average molecular weight is 295 g/mol. The van der Waals surface area contributed by atoms with E-state index in [9.17, 15) is 9.59 Å². The molecule has 3 N–H and O–H groups in total. The Labute approximate surface area is 121 Å². The van der Waals surface area contributed by atoms with Gasteiger partial charge < -0.3 is 20.1 Å². The number of aliphatic carboxylic acids is 1. The van der Waals surface area contributed by atoms with Gasteiger partial charge in [0.05, 0.1) is 13.2 Å². The van der Waals surface area contributed by atoms with Crippen molar-refractivity contribution in [1.82, 2.24) is 5.48 Å². The number of carboxylic acid groups (broad SMARTS) is 1. The fourth-order valence-electron chi connectivity index (χ4n) is 1.90. The van der Waals surface area contributed by atoms with Gasteiger partial charge in [0.2, 0.25) is 0 Å². The molecule has 1 aromatic carbocycles. The predicted molar refractivity (Wildman–Crippen MR) is 75.2 cm³/mol. The van der Waals surface area contributed by atoms with Crippen LogP contribution < -0.4 is 15.7 Å². The van der Waals surface area contributed by atoms with Crippen molar-refractivity contribution in [2.75, 3.05) is 43.1 Å². The molecule has 8 nitrogen and oxygen atoms in total. The number of carbonyl (C=O) groups excluding carboxylic acids is 1. The highest BCUT2D eigenvalue weighted by Crippen LogP contribution is 2.18. The molecule has 2 amide bonds. The van der Waals surface area contributed by atoms with E-state index in [-0.39, 0.29) is 0 Å². The third kappa shape index (κ3) is 4.93. The second-order valence-electron chi connectivity index (χ2n) is 4.38. The van der Waals surface area contributed by atoms with Crippen LogP contribution in [0.3, 0.4) is 0 Å². The van der Waals surface area contributed by atoms with Crippen LogP contribution in [0.2, 0.25) is 0 Å². The number of amides is 2. The van der Waals surface area contributed by atoms with Crippen molar-refractivity contribution < 1.29 is 24.3 Å². The van der Waals surface area contributed by atoms with Gasteiger partial charge >= 0.3 is 12.0 Å². The van der Waals surface area contributed by atoms with Crippen molar-refractivity contribution in [3.05, 3.63) is 24.3 Å². The zero-order valence-corrected chi connectivity index (χ0v) is 11.4. The van der Waals surface area contributed by atoms with Crippen molar-refractivity contribution >= 4 is 23.4 Å². The minimum atomic E-state index is -1.16. The maximum Gasteiger partial charge on any atom is 0.343 e. The minimum Gasteiger partial charge on any atom is -0.479 e. The van der Waals surface area contributed by atoms with Crippen LogP contribution in [0.4, 0.5) is 16.2 Å². The Hall–Kier alpha value is -2.32. The van der Waals surface area contributed by atoms with Crippen LogP contribution in [-0.2, 0) is 14.4 Å². The predicted octanol–water partition coefficient (Wildman–Crippen LogP) is 0.661. The fourth-order valence-corrected chi connectivity index (χ4v) is 1.90. The highest BCUT2D eigenvalue weighted by atomic mass is 16.7. The number of nitrogens with one attached hydrogen (secondary N) is 2. The van der Waals surface area contributed by atoms with Crippen molar-refractivity contribution in [3.63, 3.8) is 0 Å². The molecule has 1 saturated heterocycles. The molecule has 0 radical (unpaired) electrons. The highest BCUT2D eigenvalue weighted by Gasteiger charge is 2.11. The Morgan fingerprint density at radius 2 is 1.90 bits per heavy atom. The molecule has 0 spiro atoms. The summed E-state index contributed by atoms with van der Waals surface area (Å²) in [5.74, 6) is -1.16. The van der Waals surface area contributed by atoms with Crippen molar-refractivity contribution in [2.45, 2.75) is 0 Å². The quantitative estimate of drug-likeness (QED) is 0.690. The number of carbonyl (C=O) groups is 2. The van der Waals surface area contributed by atoms with E-state index in [0.29, 0.717) is 18.9 Å². The summed E-state index contributed by atoms with van der Waals surface area (Å²) in [6.45, 7) is 2.52. The zero-order valence-electron chi connectivity index (χ0n) is 11.4. The number of anilines is 2. The largest absolute Gasteiger partial charge is 0.479 e. The first-order chi connectivity index (χ1) is 10.1. The number of benzene rings is 1. The molecule has 0 aliphatic carbocycles. The molecule has 0 unspecified atom stereocenters. The van der Waals surface area contributed by atoms with E-state index < -0.39 is 18.6 Å². The molecule has 0 saturated carbocycles. The number of morpholine rings is 1. The van der Waals surface area contributed by atoms with E-state index in [1.54, 1.807) is 12.1 Å². The highest BCUT2D eigenvalue weighted by molar-refractivity contribution is 5.88. The molecule has 2 rings (SSSR count). The lowest BCUT2D eigenvalue weighted by Gasteiger charge is -2.28. The van der Waals surface area contributed by atoms with Gasteiger partial charge in [0.1, 0.15) is 0 Å². The van der Waals surface area contributed by atoms with E-state index in [1.807, 2.05) is 17.6 Å². The summed E-state index contributed by atoms with van der Waals surface area (Å²) < 4.78 is 5.29. The lowest BCUT2D eigenvalue weighted by atomic mass is 10.2. The topological polar surface area (TPSA) is 100 Å². The van der Waals surface area contributed by atoms with Gasteiger partial charge in [0, 0.05) is 24.5 Å². The first-order valence-electron chi connectivity index (χ1n) is 6.48. The summed E-state index contributed by atoms with van der Waals surface area (Å²) in [7, 11) is 0. The summed E-state index contributed by atoms with van der Waals surface area (Å²) in [4.78, 5) is 28.3. The monoisotopic (exact) mass is 295 g/mol. The molecule has 21 heavy (non-hydrogen) atoms. The van der Waals surface area contributed by atoms with Gasteiger partial charge in [0.15, 0.2) is 6.61 Å². The van der Waals surface area contributed by atoms with Gasteiger partial charge in [-0.15, -0.1) is 0 Å².